The first-order valence-corrected chi connectivity index (χ1v) is 17.7. The number of ketones is 1. The molecule has 1 aliphatic heterocycles. The number of thiol groups is 2. The van der Waals surface area contributed by atoms with E-state index in [4.69, 9.17) is 0 Å². The van der Waals surface area contributed by atoms with Gasteiger partial charge in [-0.3, -0.25) is 0 Å². The molecular weight excluding hydrogens is 599 g/mol. The lowest BCUT2D eigenvalue weighted by Gasteiger charge is -2.28. The molecule has 0 spiro atoms. The number of rotatable bonds is 14. The van der Waals surface area contributed by atoms with Crippen LogP contribution in [0.15, 0.2) is 81.3 Å². The second-order valence-electron chi connectivity index (χ2n) is 13.5. The maximum Gasteiger partial charge on any atom is 0.129 e. The van der Waals surface area contributed by atoms with Crippen LogP contribution >= 0.6 is 37.2 Å². The highest BCUT2D eigenvalue weighted by atomic mass is 32.2. The topological polar surface area (TPSA) is 35.6 Å². The summed E-state index contributed by atoms with van der Waals surface area (Å²) in [5.74, 6) is 1.14. The van der Waals surface area contributed by atoms with Crippen LogP contribution in [-0.4, -0.2) is 43.0 Å². The second kappa shape index (κ2) is 15.0. The Balaban J connectivity index is 1.48. The summed E-state index contributed by atoms with van der Waals surface area (Å²) in [6.07, 6.45) is 13.0. The van der Waals surface area contributed by atoms with Crippen LogP contribution in [0.2, 0.25) is 0 Å². The molecule has 0 saturated carbocycles. The molecule has 44 heavy (non-hydrogen) atoms. The molecule has 1 heterocycles. The largest absolute Gasteiger partial charge is 0.385 e. The number of nitrogens with zero attached hydrogens (tertiary/aromatic N) is 2. The van der Waals surface area contributed by atoms with E-state index < -0.39 is 0 Å². The molecule has 4 nitrogen and oxygen atoms in total. The fourth-order valence-corrected chi connectivity index (χ4v) is 7.51. The van der Waals surface area contributed by atoms with Gasteiger partial charge in [-0.15, -0.1) is 12.6 Å². The summed E-state index contributed by atoms with van der Waals surface area (Å²) in [7, 11) is 4.31. The molecule has 1 aliphatic carbocycles. The van der Waals surface area contributed by atoms with Crippen molar-refractivity contribution in [2.45, 2.75) is 93.8 Å². The van der Waals surface area contributed by atoms with E-state index in [1.54, 1.807) is 18.9 Å². The van der Waals surface area contributed by atoms with Crippen molar-refractivity contribution >= 4 is 54.4 Å². The summed E-state index contributed by atoms with van der Waals surface area (Å²) in [6, 6.07) is 13.3. The Bertz CT molecular complexity index is 1440. The fraction of sp³-hybridized carbons (Fsp3) is 0.486. The SMILES string of the molecule is CC(=O)CCCN(C)Sc1ccc2c(c1)C(C)(C)/C(=C\C1=CC(=C/CC(C)(C)c3cc(S)ccc3NCCCS)/CC1)N2C. The Labute approximate surface area is 281 Å². The molecule has 1 N–H and O–H groups in total. The summed E-state index contributed by atoms with van der Waals surface area (Å²) in [5.41, 5.74) is 9.25. The van der Waals surface area contributed by atoms with E-state index in [-0.39, 0.29) is 16.6 Å². The van der Waals surface area contributed by atoms with Crippen molar-refractivity contribution in [1.82, 2.24) is 4.31 Å². The Morgan fingerprint density at radius 3 is 2.66 bits per heavy atom. The highest BCUT2D eigenvalue weighted by Gasteiger charge is 2.39. The van der Waals surface area contributed by atoms with Gasteiger partial charge in [0.05, 0.1) is 0 Å². The van der Waals surface area contributed by atoms with Crippen LogP contribution in [0.4, 0.5) is 11.4 Å². The van der Waals surface area contributed by atoms with Gasteiger partial charge in [-0.1, -0.05) is 45.4 Å². The number of anilines is 2. The highest BCUT2D eigenvalue weighted by molar-refractivity contribution is 7.97. The number of allylic oxidation sites excluding steroid dienone is 6. The normalized spacial score (nSPS) is 18.0. The zero-order valence-electron chi connectivity index (χ0n) is 27.7. The average Bonchev–Trinajstić information content (AvgIpc) is 3.49. The fourth-order valence-electron chi connectivity index (χ4n) is 6.27. The van der Waals surface area contributed by atoms with Gasteiger partial charge in [-0.2, -0.15) is 12.6 Å². The molecule has 0 atom stereocenters. The van der Waals surface area contributed by atoms with Crippen molar-refractivity contribution in [2.75, 3.05) is 43.2 Å². The summed E-state index contributed by atoms with van der Waals surface area (Å²) in [4.78, 5) is 15.9. The third-order valence-electron chi connectivity index (χ3n) is 8.92. The molecule has 2 aromatic carbocycles. The lowest BCUT2D eigenvalue weighted by molar-refractivity contribution is -0.117. The molecule has 0 bridgehead atoms. The minimum Gasteiger partial charge on any atom is -0.385 e. The quantitative estimate of drug-likeness (QED) is 0.108. The summed E-state index contributed by atoms with van der Waals surface area (Å²) in [6.45, 7) is 12.9. The van der Waals surface area contributed by atoms with Gasteiger partial charge in [0.1, 0.15) is 5.78 Å². The predicted molar refractivity (Wildman–Crippen MR) is 198 cm³/mol. The van der Waals surface area contributed by atoms with E-state index >= 15 is 0 Å². The van der Waals surface area contributed by atoms with Gasteiger partial charge in [0.15, 0.2) is 0 Å². The van der Waals surface area contributed by atoms with Crippen LogP contribution in [0.3, 0.4) is 0 Å². The van der Waals surface area contributed by atoms with E-state index in [2.05, 4.69) is 136 Å². The van der Waals surface area contributed by atoms with E-state index in [9.17, 15) is 4.79 Å². The zero-order chi connectivity index (χ0) is 32.1. The molecule has 2 aliphatic rings. The van der Waals surface area contributed by atoms with Gasteiger partial charge in [-0.25, -0.2) is 4.31 Å². The first-order valence-electron chi connectivity index (χ1n) is 15.9. The third-order valence-corrected chi connectivity index (χ3v) is 10.5. The molecular formula is C37H51N3OS3. The lowest BCUT2D eigenvalue weighted by atomic mass is 9.80. The summed E-state index contributed by atoms with van der Waals surface area (Å²) >= 11 is 10.8. The Morgan fingerprint density at radius 1 is 1.16 bits per heavy atom. The zero-order valence-corrected chi connectivity index (χ0v) is 30.3. The second-order valence-corrected chi connectivity index (χ2v) is 15.7. The highest BCUT2D eigenvalue weighted by Crippen LogP contribution is 2.49. The van der Waals surface area contributed by atoms with Gasteiger partial charge < -0.3 is 15.0 Å². The van der Waals surface area contributed by atoms with Crippen molar-refractivity contribution in [2.24, 2.45) is 0 Å². The van der Waals surface area contributed by atoms with Crippen LogP contribution < -0.4 is 10.2 Å². The maximum absolute atomic E-state index is 11.3. The number of carbonyl (C=O) groups is 1. The molecule has 7 heteroatoms. The third kappa shape index (κ3) is 8.60. The Morgan fingerprint density at radius 2 is 1.93 bits per heavy atom. The van der Waals surface area contributed by atoms with Crippen LogP contribution in [-0.2, 0) is 15.6 Å². The van der Waals surface area contributed by atoms with Crippen molar-refractivity contribution < 1.29 is 4.79 Å². The minimum absolute atomic E-state index is 0.0172. The van der Waals surface area contributed by atoms with Gasteiger partial charge in [0, 0.05) is 58.8 Å². The number of carbonyl (C=O) groups excluding carboxylic acids is 1. The number of benzene rings is 2. The summed E-state index contributed by atoms with van der Waals surface area (Å²) < 4.78 is 2.24. The van der Waals surface area contributed by atoms with E-state index in [0.717, 1.165) is 55.8 Å². The number of Topliss-reactive ketones (excluding diaryl/α,β-unsaturated/α-hetero) is 1. The Hall–Kier alpha value is -2.06. The molecule has 0 unspecified atom stereocenters. The molecule has 0 radical (unpaired) electrons. The van der Waals surface area contributed by atoms with Crippen LogP contribution in [0.5, 0.6) is 0 Å². The molecule has 4 rings (SSSR count). The number of hydrogen-bond acceptors (Lipinski definition) is 7. The smallest absolute Gasteiger partial charge is 0.129 e. The van der Waals surface area contributed by atoms with Crippen LogP contribution in [0, 0.1) is 0 Å². The molecule has 238 valence electrons. The molecule has 0 amide bonds. The van der Waals surface area contributed by atoms with Gasteiger partial charge in [0.2, 0.25) is 0 Å². The Kier molecular flexibility index (Phi) is 11.9. The van der Waals surface area contributed by atoms with Crippen molar-refractivity contribution in [1.29, 1.82) is 0 Å². The predicted octanol–water partition coefficient (Wildman–Crippen LogP) is 9.64. The van der Waals surface area contributed by atoms with Crippen LogP contribution in [0.1, 0.15) is 84.3 Å². The average molecular weight is 650 g/mol. The first kappa shape index (κ1) is 34.8. The van der Waals surface area contributed by atoms with Crippen molar-refractivity contribution in [3.05, 3.63) is 82.6 Å². The number of nitrogens with one attached hydrogen (secondary N) is 1. The van der Waals surface area contributed by atoms with Crippen LogP contribution in [0.25, 0.3) is 0 Å². The number of fused-ring (bicyclic) bond motifs is 1. The van der Waals surface area contributed by atoms with Gasteiger partial charge in [-0.05, 0) is 128 Å². The monoisotopic (exact) mass is 649 g/mol. The minimum atomic E-state index is -0.0859. The van der Waals surface area contributed by atoms with Gasteiger partial charge in [0.25, 0.3) is 0 Å². The molecule has 0 saturated heterocycles. The summed E-state index contributed by atoms with van der Waals surface area (Å²) in [5, 5.41) is 3.62. The maximum atomic E-state index is 11.3. The number of hydrogen-bond donors (Lipinski definition) is 3. The molecule has 2 aromatic rings. The van der Waals surface area contributed by atoms with Crippen molar-refractivity contribution in [3.8, 4) is 0 Å². The van der Waals surface area contributed by atoms with E-state index in [1.807, 2.05) is 0 Å². The van der Waals surface area contributed by atoms with E-state index in [0.29, 0.717) is 6.42 Å². The lowest BCUT2D eigenvalue weighted by Crippen LogP contribution is -2.23. The van der Waals surface area contributed by atoms with Gasteiger partial charge >= 0.3 is 0 Å². The van der Waals surface area contributed by atoms with E-state index in [1.165, 1.54) is 44.2 Å². The molecule has 0 fully saturated rings. The first-order chi connectivity index (χ1) is 20.8. The standard InChI is InChI=1S/C37H51N3OS3/c1-26(41)10-8-20-39(6)44-30-14-16-34-32(25-30)37(4,5)35(40(34)7)23-28-12-11-27(22-28)17-18-36(2,3)31-24-29(43)13-15-33(31)38-19-9-21-42/h13-17,22-25,38,42-43H,8-12,18-21H2,1-7H3/b27-17+,35-23+. The van der Waals surface area contributed by atoms with Crippen molar-refractivity contribution in [3.63, 3.8) is 0 Å². The molecule has 0 aromatic heterocycles. The number of likely N-dealkylation sites (N-methyl/N-ethyl adjacent to an activating group) is 1.